The van der Waals surface area contributed by atoms with Gasteiger partial charge in [0.25, 0.3) is 0 Å². The second-order valence-corrected chi connectivity index (χ2v) is 6.58. The minimum Gasteiger partial charge on any atom is -0.370 e. The Morgan fingerprint density at radius 1 is 1.07 bits per heavy atom. The minimum atomic E-state index is -0.218. The van der Waals surface area contributed by atoms with E-state index in [4.69, 9.17) is 5.73 Å². The lowest BCUT2D eigenvalue weighted by Crippen LogP contribution is -2.51. The summed E-state index contributed by atoms with van der Waals surface area (Å²) in [5.41, 5.74) is 8.24. The molecule has 0 saturated carbocycles. The van der Waals surface area contributed by atoms with E-state index in [1.807, 2.05) is 35.0 Å². The average Bonchev–Trinajstić information content (AvgIpc) is 3.28. The van der Waals surface area contributed by atoms with Crippen molar-refractivity contribution in [1.29, 1.82) is 0 Å². The number of piperazine rings is 1. The highest BCUT2D eigenvalue weighted by Gasteiger charge is 2.18. The van der Waals surface area contributed by atoms with Gasteiger partial charge in [0.15, 0.2) is 5.96 Å². The van der Waals surface area contributed by atoms with E-state index in [0.29, 0.717) is 12.5 Å². The number of aromatic nitrogens is 3. The fraction of sp³-hybridized carbons (Fsp3) is 0.250. The lowest BCUT2D eigenvalue weighted by atomic mass is 10.2. The molecule has 3 aromatic rings. The SMILES string of the molecule is I.NC(=NCc1cccnc1-n1ccnc1)N1CCN(c2ccc(F)cc2)CC1. The Labute approximate surface area is 186 Å². The van der Waals surface area contributed by atoms with Gasteiger partial charge in [0.2, 0.25) is 0 Å². The molecule has 2 aromatic heterocycles. The molecular formula is C20H23FIN7. The summed E-state index contributed by atoms with van der Waals surface area (Å²) < 4.78 is 15.0. The molecule has 0 radical (unpaired) electrons. The molecule has 0 amide bonds. The summed E-state index contributed by atoms with van der Waals surface area (Å²) in [6.45, 7) is 3.62. The van der Waals surface area contributed by atoms with Crippen molar-refractivity contribution in [1.82, 2.24) is 19.4 Å². The lowest BCUT2D eigenvalue weighted by Gasteiger charge is -2.36. The molecule has 29 heavy (non-hydrogen) atoms. The third-order valence-electron chi connectivity index (χ3n) is 4.82. The molecule has 1 fully saturated rings. The van der Waals surface area contributed by atoms with Gasteiger partial charge in [-0.2, -0.15) is 0 Å². The molecule has 9 heteroatoms. The molecule has 0 bridgehead atoms. The molecule has 1 aromatic carbocycles. The Balaban J connectivity index is 0.00000240. The maximum Gasteiger partial charge on any atom is 0.191 e. The summed E-state index contributed by atoms with van der Waals surface area (Å²) in [4.78, 5) is 17.4. The van der Waals surface area contributed by atoms with Crippen molar-refractivity contribution in [3.05, 3.63) is 72.7 Å². The van der Waals surface area contributed by atoms with Crippen LogP contribution < -0.4 is 10.6 Å². The predicted molar refractivity (Wildman–Crippen MR) is 122 cm³/mol. The summed E-state index contributed by atoms with van der Waals surface area (Å²) >= 11 is 0. The summed E-state index contributed by atoms with van der Waals surface area (Å²) in [6, 6.07) is 10.5. The van der Waals surface area contributed by atoms with Crippen molar-refractivity contribution < 1.29 is 4.39 Å². The number of nitrogens with zero attached hydrogens (tertiary/aromatic N) is 6. The Morgan fingerprint density at radius 3 is 2.52 bits per heavy atom. The number of pyridine rings is 1. The van der Waals surface area contributed by atoms with Crippen LogP contribution in [-0.4, -0.2) is 51.6 Å². The Bertz CT molecular complexity index is 936. The molecule has 2 N–H and O–H groups in total. The van der Waals surface area contributed by atoms with Crippen LogP contribution in [0.25, 0.3) is 5.82 Å². The summed E-state index contributed by atoms with van der Waals surface area (Å²) in [5, 5.41) is 0. The van der Waals surface area contributed by atoms with Crippen LogP contribution in [0.1, 0.15) is 5.56 Å². The zero-order valence-corrected chi connectivity index (χ0v) is 18.2. The maximum atomic E-state index is 13.1. The van der Waals surface area contributed by atoms with Crippen LogP contribution in [0.2, 0.25) is 0 Å². The van der Waals surface area contributed by atoms with Crippen molar-refractivity contribution in [2.75, 3.05) is 31.1 Å². The third kappa shape index (κ3) is 5.03. The molecule has 3 heterocycles. The molecule has 1 saturated heterocycles. The Hall–Kier alpha value is -2.69. The van der Waals surface area contributed by atoms with Gasteiger partial charge in [-0.3, -0.25) is 4.57 Å². The van der Waals surface area contributed by atoms with E-state index < -0.39 is 0 Å². The van der Waals surface area contributed by atoms with E-state index in [1.54, 1.807) is 18.7 Å². The van der Waals surface area contributed by atoms with Crippen LogP contribution >= 0.6 is 24.0 Å². The van der Waals surface area contributed by atoms with E-state index in [1.165, 1.54) is 12.1 Å². The van der Waals surface area contributed by atoms with E-state index >= 15 is 0 Å². The first-order valence-corrected chi connectivity index (χ1v) is 9.18. The van der Waals surface area contributed by atoms with Gasteiger partial charge >= 0.3 is 0 Å². The molecule has 4 rings (SSSR count). The molecule has 0 spiro atoms. The molecule has 0 aliphatic carbocycles. The Kier molecular flexibility index (Phi) is 7.02. The van der Waals surface area contributed by atoms with Gasteiger partial charge in [0.1, 0.15) is 18.0 Å². The van der Waals surface area contributed by atoms with E-state index in [0.717, 1.165) is 43.2 Å². The first-order chi connectivity index (χ1) is 13.7. The number of rotatable bonds is 4. The van der Waals surface area contributed by atoms with Gasteiger partial charge in [0, 0.05) is 56.0 Å². The van der Waals surface area contributed by atoms with Crippen molar-refractivity contribution in [3.8, 4) is 5.82 Å². The summed E-state index contributed by atoms with van der Waals surface area (Å²) in [7, 11) is 0. The van der Waals surface area contributed by atoms with Crippen molar-refractivity contribution in [3.63, 3.8) is 0 Å². The van der Waals surface area contributed by atoms with Crippen LogP contribution in [-0.2, 0) is 6.54 Å². The van der Waals surface area contributed by atoms with Gasteiger partial charge in [-0.05, 0) is 30.3 Å². The van der Waals surface area contributed by atoms with Crippen molar-refractivity contribution in [2.45, 2.75) is 6.54 Å². The zero-order valence-electron chi connectivity index (χ0n) is 15.9. The highest BCUT2D eigenvalue weighted by molar-refractivity contribution is 14.0. The maximum absolute atomic E-state index is 13.1. The Morgan fingerprint density at radius 2 is 1.83 bits per heavy atom. The second kappa shape index (κ2) is 9.68. The summed E-state index contributed by atoms with van der Waals surface area (Å²) in [5.74, 6) is 1.11. The largest absolute Gasteiger partial charge is 0.370 e. The average molecular weight is 507 g/mol. The van der Waals surface area contributed by atoms with E-state index in [-0.39, 0.29) is 29.8 Å². The van der Waals surface area contributed by atoms with Crippen molar-refractivity contribution in [2.24, 2.45) is 10.7 Å². The van der Waals surface area contributed by atoms with Gasteiger partial charge in [0.05, 0.1) is 6.54 Å². The fourth-order valence-electron chi connectivity index (χ4n) is 3.28. The number of imidazole rings is 1. The zero-order chi connectivity index (χ0) is 19.3. The van der Waals surface area contributed by atoms with Crippen LogP contribution in [0, 0.1) is 5.82 Å². The van der Waals surface area contributed by atoms with Gasteiger partial charge < -0.3 is 15.5 Å². The number of guanidine groups is 1. The van der Waals surface area contributed by atoms with E-state index in [9.17, 15) is 4.39 Å². The smallest absolute Gasteiger partial charge is 0.191 e. The number of halogens is 2. The molecule has 1 aliphatic rings. The first kappa shape index (κ1) is 21.0. The highest BCUT2D eigenvalue weighted by Crippen LogP contribution is 2.17. The normalized spacial score (nSPS) is 14.6. The number of anilines is 1. The van der Waals surface area contributed by atoms with Crippen LogP contribution in [0.5, 0.6) is 0 Å². The number of hydrogen-bond donors (Lipinski definition) is 1. The van der Waals surface area contributed by atoms with Gasteiger partial charge in [-0.15, -0.1) is 24.0 Å². The molecule has 0 atom stereocenters. The minimum absolute atomic E-state index is 0. The molecule has 1 aliphatic heterocycles. The second-order valence-electron chi connectivity index (χ2n) is 6.58. The van der Waals surface area contributed by atoms with Crippen LogP contribution in [0.15, 0.2) is 66.3 Å². The highest BCUT2D eigenvalue weighted by atomic mass is 127. The van der Waals surface area contributed by atoms with Crippen LogP contribution in [0.3, 0.4) is 0 Å². The molecular weight excluding hydrogens is 484 g/mol. The standard InChI is InChI=1S/C20H22FN7.HI/c21-17-3-5-18(6-4-17)26-10-12-27(13-11-26)20(22)25-14-16-2-1-7-24-19(16)28-9-8-23-15-28;/h1-9,15H,10-14H2,(H2,22,25);1H. The molecule has 7 nitrogen and oxygen atoms in total. The first-order valence-electron chi connectivity index (χ1n) is 9.18. The van der Waals surface area contributed by atoms with Crippen LogP contribution in [0.4, 0.5) is 10.1 Å². The number of aliphatic imine (C=N–C) groups is 1. The third-order valence-corrected chi connectivity index (χ3v) is 4.82. The van der Waals surface area contributed by atoms with Gasteiger partial charge in [-0.25, -0.2) is 19.4 Å². The predicted octanol–water partition coefficient (Wildman–Crippen LogP) is 2.66. The topological polar surface area (TPSA) is 75.6 Å². The number of benzene rings is 1. The van der Waals surface area contributed by atoms with Crippen molar-refractivity contribution >= 4 is 35.6 Å². The molecule has 0 unspecified atom stereocenters. The van der Waals surface area contributed by atoms with Gasteiger partial charge in [-0.1, -0.05) is 6.07 Å². The number of nitrogens with two attached hydrogens (primary N) is 1. The monoisotopic (exact) mass is 507 g/mol. The van der Waals surface area contributed by atoms with E-state index in [2.05, 4.69) is 24.8 Å². The molecule has 152 valence electrons. The summed E-state index contributed by atoms with van der Waals surface area (Å²) in [6.07, 6.45) is 7.04. The fourth-order valence-corrected chi connectivity index (χ4v) is 3.28. The lowest BCUT2D eigenvalue weighted by molar-refractivity contribution is 0.380. The number of hydrogen-bond acceptors (Lipinski definition) is 4. The quantitative estimate of drug-likeness (QED) is 0.334.